The topological polar surface area (TPSA) is 114 Å². The molecule has 1 atom stereocenters. The summed E-state index contributed by atoms with van der Waals surface area (Å²) in [4.78, 5) is 37.2. The SMILES string of the molecule is CCOC(=O)C1C(=O)/C(=C/c2c[nH]c3ncccc23)OC1=NC1CCC(O)CC1. The van der Waals surface area contributed by atoms with Crippen molar-refractivity contribution in [3.8, 4) is 0 Å². The maximum absolute atomic E-state index is 12.9. The number of aliphatic hydroxyl groups is 1. The van der Waals surface area contributed by atoms with Crippen molar-refractivity contribution < 1.29 is 24.2 Å². The molecule has 0 radical (unpaired) electrons. The van der Waals surface area contributed by atoms with Crippen LogP contribution in [0, 0.1) is 5.92 Å². The third kappa shape index (κ3) is 3.93. The van der Waals surface area contributed by atoms with Crippen molar-refractivity contribution in [1.29, 1.82) is 0 Å². The fraction of sp³-hybridized carbons (Fsp3) is 0.429. The molecule has 2 N–H and O–H groups in total. The first-order valence-electron chi connectivity index (χ1n) is 9.85. The number of carbonyl (C=O) groups excluding carboxylic acids is 2. The van der Waals surface area contributed by atoms with Crippen molar-refractivity contribution in [2.75, 3.05) is 6.61 Å². The van der Waals surface area contributed by atoms with Gasteiger partial charge in [-0.15, -0.1) is 0 Å². The number of carbonyl (C=O) groups is 2. The Bertz CT molecular complexity index is 985. The lowest BCUT2D eigenvalue weighted by Crippen LogP contribution is -2.29. The number of aliphatic hydroxyl groups excluding tert-OH is 1. The predicted octanol–water partition coefficient (Wildman–Crippen LogP) is 2.38. The van der Waals surface area contributed by atoms with Crippen molar-refractivity contribution in [1.82, 2.24) is 9.97 Å². The minimum absolute atomic E-state index is 0.0578. The fourth-order valence-corrected chi connectivity index (χ4v) is 3.72. The van der Waals surface area contributed by atoms with Crippen LogP contribution in [0.1, 0.15) is 38.2 Å². The molecule has 8 nitrogen and oxygen atoms in total. The number of Topliss-reactive ketones (excluding diaryl/α,β-unsaturated/α-hetero) is 1. The highest BCUT2D eigenvalue weighted by Gasteiger charge is 2.45. The summed E-state index contributed by atoms with van der Waals surface area (Å²) < 4.78 is 10.9. The largest absolute Gasteiger partial charge is 0.465 e. The van der Waals surface area contributed by atoms with Crippen molar-refractivity contribution >= 4 is 34.8 Å². The van der Waals surface area contributed by atoms with Gasteiger partial charge in [-0.2, -0.15) is 0 Å². The number of allylic oxidation sites excluding steroid dienone is 1. The molecule has 8 heteroatoms. The quantitative estimate of drug-likeness (QED) is 0.465. The van der Waals surface area contributed by atoms with E-state index in [0.717, 1.165) is 10.9 Å². The smallest absolute Gasteiger partial charge is 0.326 e. The Labute approximate surface area is 167 Å². The average Bonchev–Trinajstić information content (AvgIpc) is 3.25. The molecule has 1 unspecified atom stereocenters. The Kier molecular flexibility index (Phi) is 5.44. The van der Waals surface area contributed by atoms with Gasteiger partial charge in [-0.3, -0.25) is 14.6 Å². The molecule has 4 rings (SSSR count). The van der Waals surface area contributed by atoms with Gasteiger partial charge in [0.15, 0.2) is 11.7 Å². The number of aromatic amines is 1. The van der Waals surface area contributed by atoms with E-state index in [9.17, 15) is 14.7 Å². The second-order valence-corrected chi connectivity index (χ2v) is 7.23. The number of hydrogen-bond acceptors (Lipinski definition) is 7. The van der Waals surface area contributed by atoms with E-state index < -0.39 is 17.7 Å². The maximum Gasteiger partial charge on any atom is 0.326 e. The summed E-state index contributed by atoms with van der Waals surface area (Å²) in [6, 6.07) is 3.60. The minimum Gasteiger partial charge on any atom is -0.465 e. The summed E-state index contributed by atoms with van der Waals surface area (Å²) in [7, 11) is 0. The highest BCUT2D eigenvalue weighted by atomic mass is 16.5. The van der Waals surface area contributed by atoms with E-state index in [4.69, 9.17) is 9.47 Å². The zero-order valence-corrected chi connectivity index (χ0v) is 16.1. The van der Waals surface area contributed by atoms with Crippen molar-refractivity contribution in [3.63, 3.8) is 0 Å². The van der Waals surface area contributed by atoms with Crippen LogP contribution in [0.3, 0.4) is 0 Å². The van der Waals surface area contributed by atoms with E-state index in [1.165, 1.54) is 0 Å². The number of nitrogens with zero attached hydrogens (tertiary/aromatic N) is 2. The third-order valence-electron chi connectivity index (χ3n) is 5.23. The van der Waals surface area contributed by atoms with Crippen LogP contribution < -0.4 is 0 Å². The number of pyridine rings is 1. The second-order valence-electron chi connectivity index (χ2n) is 7.23. The molecule has 0 bridgehead atoms. The summed E-state index contributed by atoms with van der Waals surface area (Å²) in [5, 5.41) is 10.5. The first kappa shape index (κ1) is 19.3. The standard InChI is InChI=1S/C21H23N3O5/c1-2-28-21(27)17-18(26)16(10-12-11-23-19-15(12)4-3-9-22-19)29-20(17)24-13-5-7-14(25)8-6-13/h3-4,9-11,13-14,17,25H,2,5-8H2,1H3,(H,22,23)/b16-10-,24-20?. The highest BCUT2D eigenvalue weighted by molar-refractivity contribution is 6.27. The third-order valence-corrected chi connectivity index (χ3v) is 5.23. The molecule has 0 aromatic carbocycles. The molecule has 1 aliphatic carbocycles. The monoisotopic (exact) mass is 397 g/mol. The summed E-state index contributed by atoms with van der Waals surface area (Å²) in [6.07, 6.45) is 7.35. The van der Waals surface area contributed by atoms with Gasteiger partial charge < -0.3 is 19.6 Å². The van der Waals surface area contributed by atoms with Crippen LogP contribution >= 0.6 is 0 Å². The Morgan fingerprint density at radius 1 is 1.41 bits per heavy atom. The van der Waals surface area contributed by atoms with E-state index >= 15 is 0 Å². The van der Waals surface area contributed by atoms with E-state index in [1.54, 1.807) is 31.5 Å². The number of aromatic nitrogens is 2. The lowest BCUT2D eigenvalue weighted by molar-refractivity contribution is -0.147. The second kappa shape index (κ2) is 8.16. The van der Waals surface area contributed by atoms with E-state index in [-0.39, 0.29) is 30.4 Å². The van der Waals surface area contributed by atoms with Gasteiger partial charge in [-0.05, 0) is 50.8 Å². The van der Waals surface area contributed by atoms with Gasteiger partial charge >= 0.3 is 5.97 Å². The van der Waals surface area contributed by atoms with E-state index in [1.807, 2.05) is 6.07 Å². The molecule has 2 aromatic heterocycles. The minimum atomic E-state index is -1.18. The summed E-state index contributed by atoms with van der Waals surface area (Å²) >= 11 is 0. The first-order chi connectivity index (χ1) is 14.1. The number of fused-ring (bicyclic) bond motifs is 1. The molecule has 2 aliphatic rings. The van der Waals surface area contributed by atoms with Gasteiger partial charge in [0, 0.05) is 23.3 Å². The molecule has 1 aliphatic heterocycles. The van der Waals surface area contributed by atoms with Crippen LogP contribution in [0.5, 0.6) is 0 Å². The van der Waals surface area contributed by atoms with E-state index in [0.29, 0.717) is 31.3 Å². The summed E-state index contributed by atoms with van der Waals surface area (Å²) in [5.41, 5.74) is 1.43. The number of aliphatic imine (C=N–C) groups is 1. The highest BCUT2D eigenvalue weighted by Crippen LogP contribution is 2.29. The molecular weight excluding hydrogens is 374 g/mol. The lowest BCUT2D eigenvalue weighted by atomic mass is 9.93. The number of hydrogen-bond donors (Lipinski definition) is 2. The maximum atomic E-state index is 12.9. The van der Waals surface area contributed by atoms with Gasteiger partial charge in [0.2, 0.25) is 11.7 Å². The molecule has 152 valence electrons. The van der Waals surface area contributed by atoms with Gasteiger partial charge in [0.25, 0.3) is 0 Å². The van der Waals surface area contributed by atoms with E-state index in [2.05, 4.69) is 15.0 Å². The van der Waals surface area contributed by atoms with Crippen LogP contribution in [-0.4, -0.2) is 51.5 Å². The van der Waals surface area contributed by atoms with Crippen molar-refractivity contribution in [2.24, 2.45) is 10.9 Å². The number of ether oxygens (including phenoxy) is 2. The number of nitrogens with one attached hydrogen (secondary N) is 1. The van der Waals surface area contributed by atoms with Crippen LogP contribution in [0.15, 0.2) is 35.3 Å². The zero-order valence-electron chi connectivity index (χ0n) is 16.1. The normalized spacial score (nSPS) is 27.5. The predicted molar refractivity (Wildman–Crippen MR) is 106 cm³/mol. The van der Waals surface area contributed by atoms with Gasteiger partial charge in [-0.1, -0.05) is 0 Å². The molecule has 3 heterocycles. The van der Waals surface area contributed by atoms with Crippen LogP contribution in [0.4, 0.5) is 0 Å². The van der Waals surface area contributed by atoms with Crippen molar-refractivity contribution in [3.05, 3.63) is 35.8 Å². The number of ketones is 1. The van der Waals surface area contributed by atoms with Gasteiger partial charge in [0.05, 0.1) is 18.8 Å². The Balaban J connectivity index is 1.66. The summed E-state index contributed by atoms with van der Waals surface area (Å²) in [5.74, 6) is -2.16. The average molecular weight is 397 g/mol. The van der Waals surface area contributed by atoms with Gasteiger partial charge in [-0.25, -0.2) is 4.98 Å². The summed E-state index contributed by atoms with van der Waals surface area (Å²) in [6.45, 7) is 1.85. The lowest BCUT2D eigenvalue weighted by Gasteiger charge is -2.22. The molecule has 2 aromatic rings. The molecule has 2 fully saturated rings. The van der Waals surface area contributed by atoms with Crippen LogP contribution in [0.25, 0.3) is 17.1 Å². The molecule has 29 heavy (non-hydrogen) atoms. The Morgan fingerprint density at radius 3 is 2.97 bits per heavy atom. The molecule has 1 saturated heterocycles. The molecule has 0 spiro atoms. The number of H-pyrrole nitrogens is 1. The first-order valence-corrected chi connectivity index (χ1v) is 9.85. The van der Waals surface area contributed by atoms with Crippen LogP contribution in [0.2, 0.25) is 0 Å². The Morgan fingerprint density at radius 2 is 2.21 bits per heavy atom. The fourth-order valence-electron chi connectivity index (χ4n) is 3.72. The number of rotatable bonds is 4. The van der Waals surface area contributed by atoms with Crippen molar-refractivity contribution in [2.45, 2.75) is 44.8 Å². The molecular formula is C21H23N3O5. The number of esters is 1. The van der Waals surface area contributed by atoms with Crippen LogP contribution in [-0.2, 0) is 19.1 Å². The molecule has 0 amide bonds. The zero-order chi connectivity index (χ0) is 20.4. The molecule has 1 saturated carbocycles. The van der Waals surface area contributed by atoms with Gasteiger partial charge in [0.1, 0.15) is 5.65 Å². The Hall–Kier alpha value is -3.00.